The Kier molecular flexibility index (Phi) is 6.24. The molecule has 0 radical (unpaired) electrons. The van der Waals surface area contributed by atoms with Crippen LogP contribution in [0.5, 0.6) is 0 Å². The minimum atomic E-state index is 0.466. The Morgan fingerprint density at radius 2 is 2.28 bits per heavy atom. The van der Waals surface area contributed by atoms with E-state index in [1.165, 1.54) is 0 Å². The number of aromatic nitrogens is 1. The van der Waals surface area contributed by atoms with Gasteiger partial charge in [-0.15, -0.1) is 6.42 Å². The van der Waals surface area contributed by atoms with Crippen molar-refractivity contribution in [2.75, 3.05) is 18.0 Å². The zero-order valence-electron chi connectivity index (χ0n) is 11.6. The van der Waals surface area contributed by atoms with Gasteiger partial charge in [0, 0.05) is 31.0 Å². The molecule has 0 atom stereocenters. The molecule has 0 unspecified atom stereocenters. The maximum atomic E-state index is 5.41. The largest absolute Gasteiger partial charge is 0.360 e. The number of pyridine rings is 1. The molecule has 0 amide bonds. The highest BCUT2D eigenvalue weighted by molar-refractivity contribution is 5.47. The highest BCUT2D eigenvalue weighted by Gasteiger charge is 2.05. The molecular formula is C15H23N3. The Balaban J connectivity index is 2.75. The van der Waals surface area contributed by atoms with Crippen LogP contribution in [0.25, 0.3) is 0 Å². The molecular weight excluding hydrogens is 222 g/mol. The highest BCUT2D eigenvalue weighted by Crippen LogP contribution is 2.14. The smallest absolute Gasteiger partial charge is 0.0791 e. The van der Waals surface area contributed by atoms with Crippen molar-refractivity contribution >= 4 is 5.69 Å². The number of anilines is 1. The molecule has 1 N–H and O–H groups in total. The molecule has 0 aliphatic heterocycles. The van der Waals surface area contributed by atoms with Crippen LogP contribution in [-0.2, 0) is 6.54 Å². The Hall–Kier alpha value is -1.53. The number of nitrogens with zero attached hydrogens (tertiary/aromatic N) is 2. The molecule has 0 saturated carbocycles. The van der Waals surface area contributed by atoms with Crippen molar-refractivity contribution in [2.24, 2.45) is 0 Å². The minimum Gasteiger partial charge on any atom is -0.360 e. The normalized spacial score (nSPS) is 10.4. The van der Waals surface area contributed by atoms with Gasteiger partial charge in [-0.05, 0) is 18.6 Å². The van der Waals surface area contributed by atoms with Crippen LogP contribution < -0.4 is 10.2 Å². The summed E-state index contributed by atoms with van der Waals surface area (Å²) in [5, 5.41) is 3.37. The Labute approximate surface area is 111 Å². The van der Waals surface area contributed by atoms with Crippen LogP contribution in [-0.4, -0.2) is 24.1 Å². The Morgan fingerprint density at radius 3 is 2.89 bits per heavy atom. The van der Waals surface area contributed by atoms with E-state index < -0.39 is 0 Å². The van der Waals surface area contributed by atoms with Crippen molar-refractivity contribution < 1.29 is 0 Å². The molecule has 0 aliphatic rings. The van der Waals surface area contributed by atoms with Gasteiger partial charge in [0.2, 0.25) is 0 Å². The maximum Gasteiger partial charge on any atom is 0.0791 e. The minimum absolute atomic E-state index is 0.466. The van der Waals surface area contributed by atoms with Crippen molar-refractivity contribution in [3.63, 3.8) is 0 Å². The van der Waals surface area contributed by atoms with Crippen molar-refractivity contribution in [3.8, 4) is 12.3 Å². The lowest BCUT2D eigenvalue weighted by Gasteiger charge is -2.22. The number of terminal acetylenes is 1. The third-order valence-corrected chi connectivity index (χ3v) is 2.63. The fourth-order valence-electron chi connectivity index (χ4n) is 1.75. The van der Waals surface area contributed by atoms with Crippen LogP contribution in [0.1, 0.15) is 32.9 Å². The zero-order valence-corrected chi connectivity index (χ0v) is 11.6. The fourth-order valence-corrected chi connectivity index (χ4v) is 1.75. The first-order valence-electron chi connectivity index (χ1n) is 6.54. The fraction of sp³-hybridized carbons (Fsp3) is 0.533. The molecule has 1 aromatic rings. The van der Waals surface area contributed by atoms with E-state index in [9.17, 15) is 0 Å². The number of hydrogen-bond donors (Lipinski definition) is 1. The van der Waals surface area contributed by atoms with Gasteiger partial charge < -0.3 is 10.2 Å². The SMILES string of the molecule is C#CCN(CCC)c1ccnc(CNC(C)C)c1. The van der Waals surface area contributed by atoms with Gasteiger partial charge in [0.05, 0.1) is 12.2 Å². The molecule has 0 saturated heterocycles. The van der Waals surface area contributed by atoms with Gasteiger partial charge in [-0.3, -0.25) is 4.98 Å². The molecule has 0 bridgehead atoms. The molecule has 1 heterocycles. The van der Waals surface area contributed by atoms with Crippen molar-refractivity contribution in [1.29, 1.82) is 0 Å². The van der Waals surface area contributed by atoms with Gasteiger partial charge in [-0.1, -0.05) is 26.7 Å². The van der Waals surface area contributed by atoms with E-state index in [4.69, 9.17) is 6.42 Å². The van der Waals surface area contributed by atoms with Gasteiger partial charge in [0.1, 0.15) is 0 Å². The van der Waals surface area contributed by atoms with Gasteiger partial charge >= 0.3 is 0 Å². The summed E-state index contributed by atoms with van der Waals surface area (Å²) in [5.41, 5.74) is 2.21. The number of nitrogens with one attached hydrogen (secondary N) is 1. The number of rotatable bonds is 7. The third kappa shape index (κ3) is 4.77. The van der Waals surface area contributed by atoms with Crippen LogP contribution in [0.3, 0.4) is 0 Å². The molecule has 3 nitrogen and oxygen atoms in total. The first-order valence-corrected chi connectivity index (χ1v) is 6.54. The molecule has 0 fully saturated rings. The van der Waals surface area contributed by atoms with Crippen molar-refractivity contribution in [3.05, 3.63) is 24.0 Å². The second kappa shape index (κ2) is 7.73. The van der Waals surface area contributed by atoms with Crippen molar-refractivity contribution in [1.82, 2.24) is 10.3 Å². The Bertz CT molecular complexity index is 393. The second-order valence-electron chi connectivity index (χ2n) is 4.67. The average molecular weight is 245 g/mol. The monoisotopic (exact) mass is 245 g/mol. The van der Waals surface area contributed by atoms with Crippen LogP contribution in [0.15, 0.2) is 18.3 Å². The first-order chi connectivity index (χ1) is 8.67. The van der Waals surface area contributed by atoms with Crippen molar-refractivity contribution in [2.45, 2.75) is 39.8 Å². The second-order valence-corrected chi connectivity index (χ2v) is 4.67. The highest BCUT2D eigenvalue weighted by atomic mass is 15.1. The Morgan fingerprint density at radius 1 is 1.50 bits per heavy atom. The molecule has 1 rings (SSSR count). The summed E-state index contributed by atoms with van der Waals surface area (Å²) in [6.07, 6.45) is 8.35. The molecule has 18 heavy (non-hydrogen) atoms. The van der Waals surface area contributed by atoms with E-state index in [1.54, 1.807) is 0 Å². The molecule has 98 valence electrons. The van der Waals surface area contributed by atoms with E-state index in [-0.39, 0.29) is 0 Å². The summed E-state index contributed by atoms with van der Waals surface area (Å²) in [6, 6.07) is 4.60. The first kappa shape index (κ1) is 14.5. The quantitative estimate of drug-likeness (QED) is 0.748. The lowest BCUT2D eigenvalue weighted by molar-refractivity contribution is 0.581. The van der Waals surface area contributed by atoms with E-state index in [0.717, 1.165) is 30.9 Å². The van der Waals surface area contributed by atoms with Crippen LogP contribution in [0.2, 0.25) is 0 Å². The van der Waals surface area contributed by atoms with Gasteiger partial charge in [0.25, 0.3) is 0 Å². The molecule has 0 aliphatic carbocycles. The van der Waals surface area contributed by atoms with Gasteiger partial charge in [-0.2, -0.15) is 0 Å². The van der Waals surface area contributed by atoms with E-state index in [0.29, 0.717) is 12.6 Å². The summed E-state index contributed by atoms with van der Waals surface area (Å²) < 4.78 is 0. The zero-order chi connectivity index (χ0) is 13.4. The predicted molar refractivity (Wildman–Crippen MR) is 77.5 cm³/mol. The lowest BCUT2D eigenvalue weighted by atomic mass is 10.2. The average Bonchev–Trinajstić information content (AvgIpc) is 2.36. The van der Waals surface area contributed by atoms with Gasteiger partial charge in [-0.25, -0.2) is 0 Å². The van der Waals surface area contributed by atoms with Gasteiger partial charge in [0.15, 0.2) is 0 Å². The van der Waals surface area contributed by atoms with Crippen LogP contribution >= 0.6 is 0 Å². The molecule has 0 spiro atoms. The standard InChI is InChI=1S/C15H23N3/c1-5-9-18(10-6-2)15-7-8-16-14(11-15)12-17-13(3)4/h1,7-8,11,13,17H,6,9-10,12H2,2-4H3. The summed E-state index contributed by atoms with van der Waals surface area (Å²) in [4.78, 5) is 6.58. The van der Waals surface area contributed by atoms with Crippen LogP contribution in [0, 0.1) is 12.3 Å². The molecule has 0 aromatic carbocycles. The maximum absolute atomic E-state index is 5.41. The number of hydrogen-bond acceptors (Lipinski definition) is 3. The summed E-state index contributed by atoms with van der Waals surface area (Å²) in [7, 11) is 0. The van der Waals surface area contributed by atoms with Crippen LogP contribution in [0.4, 0.5) is 5.69 Å². The summed E-state index contributed by atoms with van der Waals surface area (Å²) in [5.74, 6) is 2.71. The predicted octanol–water partition coefficient (Wildman–Crippen LogP) is 2.43. The summed E-state index contributed by atoms with van der Waals surface area (Å²) >= 11 is 0. The lowest BCUT2D eigenvalue weighted by Crippen LogP contribution is -2.25. The third-order valence-electron chi connectivity index (χ3n) is 2.63. The topological polar surface area (TPSA) is 28.2 Å². The van der Waals surface area contributed by atoms with E-state index >= 15 is 0 Å². The van der Waals surface area contributed by atoms with E-state index in [2.05, 4.69) is 48.0 Å². The van der Waals surface area contributed by atoms with E-state index in [1.807, 2.05) is 12.3 Å². The molecule has 1 aromatic heterocycles. The summed E-state index contributed by atoms with van der Waals surface area (Å²) in [6.45, 7) is 8.84. The molecule has 3 heteroatoms.